The van der Waals surface area contributed by atoms with Gasteiger partial charge in [0, 0.05) is 31.9 Å². The highest BCUT2D eigenvalue weighted by Crippen LogP contribution is 2.25. The lowest BCUT2D eigenvalue weighted by Gasteiger charge is -2.21. The second kappa shape index (κ2) is 4.91. The number of anilines is 2. The SMILES string of the molecule is CN(CCc1ccc[nH]1)c1c(N)cccc1F. The second-order valence-corrected chi connectivity index (χ2v) is 4.04. The van der Waals surface area contributed by atoms with Crippen LogP contribution in [0, 0.1) is 5.82 Å². The number of hydrogen-bond donors (Lipinski definition) is 2. The van der Waals surface area contributed by atoms with Crippen LogP contribution in [0.5, 0.6) is 0 Å². The molecule has 0 unspecified atom stereocenters. The van der Waals surface area contributed by atoms with E-state index in [1.54, 1.807) is 12.1 Å². The molecule has 3 nitrogen and oxygen atoms in total. The standard InChI is InChI=1S/C13H16FN3/c1-17(9-7-10-4-3-8-16-10)13-11(14)5-2-6-12(13)15/h2-6,8,16H,7,9,15H2,1H3. The van der Waals surface area contributed by atoms with E-state index in [9.17, 15) is 4.39 Å². The number of nitrogen functional groups attached to an aromatic ring is 1. The van der Waals surface area contributed by atoms with Gasteiger partial charge in [-0.3, -0.25) is 0 Å². The monoisotopic (exact) mass is 233 g/mol. The summed E-state index contributed by atoms with van der Waals surface area (Å²) in [6.45, 7) is 0.714. The first-order chi connectivity index (χ1) is 8.18. The Balaban J connectivity index is 2.07. The van der Waals surface area contributed by atoms with Crippen LogP contribution in [0.3, 0.4) is 0 Å². The zero-order chi connectivity index (χ0) is 12.3. The van der Waals surface area contributed by atoms with Crippen molar-refractivity contribution in [2.75, 3.05) is 24.2 Å². The number of halogens is 1. The molecule has 4 heteroatoms. The van der Waals surface area contributed by atoms with Gasteiger partial charge in [-0.1, -0.05) is 6.07 Å². The molecule has 0 aliphatic heterocycles. The Kier molecular flexibility index (Phi) is 3.32. The lowest BCUT2D eigenvalue weighted by atomic mass is 10.2. The molecule has 1 heterocycles. The van der Waals surface area contributed by atoms with Crippen molar-refractivity contribution in [1.82, 2.24) is 4.98 Å². The zero-order valence-corrected chi connectivity index (χ0v) is 9.78. The largest absolute Gasteiger partial charge is 0.397 e. The topological polar surface area (TPSA) is 45.0 Å². The van der Waals surface area contributed by atoms with Crippen LogP contribution in [0.15, 0.2) is 36.5 Å². The van der Waals surface area contributed by atoms with E-state index in [-0.39, 0.29) is 5.82 Å². The Hall–Kier alpha value is -1.97. The zero-order valence-electron chi connectivity index (χ0n) is 9.78. The van der Waals surface area contributed by atoms with E-state index in [2.05, 4.69) is 4.98 Å². The number of para-hydroxylation sites is 1. The number of likely N-dealkylation sites (N-methyl/N-ethyl adjacent to an activating group) is 1. The van der Waals surface area contributed by atoms with Gasteiger partial charge >= 0.3 is 0 Å². The molecule has 90 valence electrons. The van der Waals surface area contributed by atoms with E-state index < -0.39 is 0 Å². The van der Waals surface area contributed by atoms with E-state index in [1.165, 1.54) is 6.07 Å². The first-order valence-electron chi connectivity index (χ1n) is 5.56. The van der Waals surface area contributed by atoms with Crippen LogP contribution < -0.4 is 10.6 Å². The van der Waals surface area contributed by atoms with Crippen LogP contribution in [-0.2, 0) is 6.42 Å². The molecule has 0 aliphatic rings. The molecule has 2 rings (SSSR count). The van der Waals surface area contributed by atoms with E-state index in [4.69, 9.17) is 5.73 Å². The molecule has 0 bridgehead atoms. The average molecular weight is 233 g/mol. The van der Waals surface area contributed by atoms with Crippen molar-refractivity contribution in [2.45, 2.75) is 6.42 Å². The summed E-state index contributed by atoms with van der Waals surface area (Å²) in [5.74, 6) is -0.279. The van der Waals surface area contributed by atoms with Crippen LogP contribution in [0.25, 0.3) is 0 Å². The summed E-state index contributed by atoms with van der Waals surface area (Å²) in [6, 6.07) is 8.72. The Morgan fingerprint density at radius 1 is 1.29 bits per heavy atom. The molecule has 2 aromatic rings. The van der Waals surface area contributed by atoms with Crippen molar-refractivity contribution < 1.29 is 4.39 Å². The third kappa shape index (κ3) is 2.58. The van der Waals surface area contributed by atoms with Gasteiger partial charge in [0.2, 0.25) is 0 Å². The van der Waals surface area contributed by atoms with Crippen LogP contribution in [0.1, 0.15) is 5.69 Å². The van der Waals surface area contributed by atoms with Crippen molar-refractivity contribution in [1.29, 1.82) is 0 Å². The quantitative estimate of drug-likeness (QED) is 0.796. The fraction of sp³-hybridized carbons (Fsp3) is 0.231. The van der Waals surface area contributed by atoms with Gasteiger partial charge in [-0.05, 0) is 24.3 Å². The molecule has 0 atom stereocenters. The summed E-state index contributed by atoms with van der Waals surface area (Å²) < 4.78 is 13.6. The van der Waals surface area contributed by atoms with Crippen LogP contribution >= 0.6 is 0 Å². The predicted molar refractivity (Wildman–Crippen MR) is 68.6 cm³/mol. The van der Waals surface area contributed by atoms with E-state index in [0.29, 0.717) is 17.9 Å². The Bertz CT molecular complexity index is 459. The molecule has 0 fully saturated rings. The van der Waals surface area contributed by atoms with E-state index in [1.807, 2.05) is 30.3 Å². The summed E-state index contributed by atoms with van der Waals surface area (Å²) in [5.41, 5.74) is 7.86. The number of nitrogens with zero attached hydrogens (tertiary/aromatic N) is 1. The number of rotatable bonds is 4. The molecular formula is C13H16FN3. The maximum atomic E-state index is 13.6. The third-order valence-corrected chi connectivity index (χ3v) is 2.78. The van der Waals surface area contributed by atoms with Gasteiger partial charge in [0.1, 0.15) is 5.82 Å². The molecule has 0 aliphatic carbocycles. The highest BCUT2D eigenvalue weighted by molar-refractivity contribution is 5.67. The lowest BCUT2D eigenvalue weighted by Crippen LogP contribution is -2.22. The second-order valence-electron chi connectivity index (χ2n) is 4.04. The maximum absolute atomic E-state index is 13.6. The van der Waals surface area contributed by atoms with Gasteiger partial charge in [-0.15, -0.1) is 0 Å². The predicted octanol–water partition coefficient (Wildman–Crippen LogP) is 2.41. The lowest BCUT2D eigenvalue weighted by molar-refractivity contribution is 0.623. The van der Waals surface area contributed by atoms with Crippen LogP contribution in [0.2, 0.25) is 0 Å². The van der Waals surface area contributed by atoms with E-state index in [0.717, 1.165) is 12.1 Å². The number of benzene rings is 1. The maximum Gasteiger partial charge on any atom is 0.148 e. The Labute approximate surface area is 100 Å². The first kappa shape index (κ1) is 11.5. The minimum Gasteiger partial charge on any atom is -0.397 e. The van der Waals surface area contributed by atoms with Gasteiger partial charge in [0.05, 0.1) is 11.4 Å². The smallest absolute Gasteiger partial charge is 0.148 e. The number of aromatic amines is 1. The normalized spacial score (nSPS) is 10.5. The Morgan fingerprint density at radius 3 is 2.76 bits per heavy atom. The number of aromatic nitrogens is 1. The summed E-state index contributed by atoms with van der Waals surface area (Å²) >= 11 is 0. The number of H-pyrrole nitrogens is 1. The fourth-order valence-corrected chi connectivity index (χ4v) is 1.86. The van der Waals surface area contributed by atoms with Crippen molar-refractivity contribution in [3.8, 4) is 0 Å². The number of nitrogens with two attached hydrogens (primary N) is 1. The number of nitrogens with one attached hydrogen (secondary N) is 1. The van der Waals surface area contributed by atoms with Crippen molar-refractivity contribution in [2.24, 2.45) is 0 Å². The third-order valence-electron chi connectivity index (χ3n) is 2.78. The van der Waals surface area contributed by atoms with Crippen LogP contribution in [-0.4, -0.2) is 18.6 Å². The summed E-state index contributed by atoms with van der Waals surface area (Å²) in [6.07, 6.45) is 2.71. The molecule has 0 saturated heterocycles. The van der Waals surface area contributed by atoms with Gasteiger partial charge in [0.25, 0.3) is 0 Å². The van der Waals surface area contributed by atoms with Gasteiger partial charge in [-0.2, -0.15) is 0 Å². The van der Waals surface area contributed by atoms with E-state index >= 15 is 0 Å². The molecule has 0 spiro atoms. The Morgan fingerprint density at radius 2 is 2.12 bits per heavy atom. The van der Waals surface area contributed by atoms with Crippen molar-refractivity contribution in [3.05, 3.63) is 48.0 Å². The minimum atomic E-state index is -0.279. The minimum absolute atomic E-state index is 0.279. The molecule has 1 aromatic carbocycles. The van der Waals surface area contributed by atoms with Gasteiger partial charge < -0.3 is 15.6 Å². The van der Waals surface area contributed by atoms with Crippen LogP contribution in [0.4, 0.5) is 15.8 Å². The molecule has 0 amide bonds. The van der Waals surface area contributed by atoms with Crippen molar-refractivity contribution in [3.63, 3.8) is 0 Å². The average Bonchev–Trinajstić information content (AvgIpc) is 2.79. The highest BCUT2D eigenvalue weighted by atomic mass is 19.1. The first-order valence-corrected chi connectivity index (χ1v) is 5.56. The molecular weight excluding hydrogens is 217 g/mol. The molecule has 3 N–H and O–H groups in total. The molecule has 17 heavy (non-hydrogen) atoms. The van der Waals surface area contributed by atoms with Crippen molar-refractivity contribution >= 4 is 11.4 Å². The molecule has 1 aromatic heterocycles. The number of hydrogen-bond acceptors (Lipinski definition) is 2. The molecule has 0 radical (unpaired) electrons. The fourth-order valence-electron chi connectivity index (χ4n) is 1.86. The summed E-state index contributed by atoms with van der Waals surface area (Å²) in [4.78, 5) is 4.96. The summed E-state index contributed by atoms with van der Waals surface area (Å²) in [7, 11) is 1.84. The van der Waals surface area contributed by atoms with Gasteiger partial charge in [-0.25, -0.2) is 4.39 Å². The molecule has 0 saturated carbocycles. The van der Waals surface area contributed by atoms with Gasteiger partial charge in [0.15, 0.2) is 0 Å². The summed E-state index contributed by atoms with van der Waals surface area (Å²) in [5, 5.41) is 0. The highest BCUT2D eigenvalue weighted by Gasteiger charge is 2.10.